The fourth-order valence-electron chi connectivity index (χ4n) is 4.37. The van der Waals surface area contributed by atoms with Gasteiger partial charge in [0.15, 0.2) is 0 Å². The number of hydrogen-bond donors (Lipinski definition) is 1. The average molecular weight is 478 g/mol. The molecule has 0 radical (unpaired) electrons. The molecule has 0 aromatic heterocycles. The number of rotatable bonds is 4. The van der Waals surface area contributed by atoms with Crippen LogP contribution in [0.15, 0.2) is 72.8 Å². The normalized spacial score (nSPS) is 19.3. The van der Waals surface area contributed by atoms with Crippen molar-refractivity contribution in [2.45, 2.75) is 11.8 Å². The van der Waals surface area contributed by atoms with Crippen LogP contribution in [0.1, 0.15) is 11.1 Å². The van der Waals surface area contributed by atoms with Gasteiger partial charge in [-0.25, -0.2) is 0 Å². The van der Waals surface area contributed by atoms with Gasteiger partial charge in [0, 0.05) is 22.0 Å². The number of nitrogens with zero attached hydrogens (tertiary/aromatic N) is 2. The van der Waals surface area contributed by atoms with Crippen LogP contribution in [-0.2, 0) is 19.3 Å². The number of hydrogen-bond acceptors (Lipinski definition) is 4. The Morgan fingerprint density at radius 2 is 1.82 bits per heavy atom. The summed E-state index contributed by atoms with van der Waals surface area (Å²) in [6, 6.07) is 21.7. The highest BCUT2D eigenvalue weighted by molar-refractivity contribution is 8.02. The Morgan fingerprint density at radius 3 is 2.58 bits per heavy atom. The Bertz CT molecular complexity index is 1280. The third kappa shape index (κ3) is 3.57. The molecule has 1 spiro atoms. The summed E-state index contributed by atoms with van der Waals surface area (Å²) in [6.07, 6.45) is 0. The number of thioether (sulfide) groups is 1. The minimum Gasteiger partial charge on any atom is -0.325 e. The molecule has 3 amide bonds. The first-order chi connectivity index (χ1) is 15.9. The van der Waals surface area contributed by atoms with E-state index < -0.39 is 4.87 Å². The van der Waals surface area contributed by atoms with Crippen molar-refractivity contribution in [1.82, 2.24) is 0 Å². The molecule has 2 heterocycles. The molecule has 8 heteroatoms. The smallest absolute Gasteiger partial charge is 0.269 e. The third-order valence-corrected chi connectivity index (χ3v) is 7.39. The second-order valence-corrected chi connectivity index (χ2v) is 9.57. The Balaban J connectivity index is 1.51. The molecule has 33 heavy (non-hydrogen) atoms. The van der Waals surface area contributed by atoms with Crippen LogP contribution in [0.25, 0.3) is 0 Å². The van der Waals surface area contributed by atoms with Gasteiger partial charge in [-0.15, -0.1) is 11.8 Å². The number of fused-ring (bicyclic) bond motifs is 2. The highest BCUT2D eigenvalue weighted by Gasteiger charge is 2.61. The van der Waals surface area contributed by atoms with Crippen LogP contribution in [0.5, 0.6) is 0 Å². The number of para-hydroxylation sites is 1. The lowest BCUT2D eigenvalue weighted by Crippen LogP contribution is -2.50. The van der Waals surface area contributed by atoms with Gasteiger partial charge in [0.2, 0.25) is 16.7 Å². The van der Waals surface area contributed by atoms with Gasteiger partial charge in [0.1, 0.15) is 6.54 Å². The summed E-state index contributed by atoms with van der Waals surface area (Å²) in [7, 11) is 0. The number of carbonyl (C=O) groups is 3. The maximum Gasteiger partial charge on any atom is 0.269 e. The molecule has 0 saturated carbocycles. The fourth-order valence-corrected chi connectivity index (χ4v) is 5.86. The van der Waals surface area contributed by atoms with Crippen LogP contribution in [0, 0.1) is 6.92 Å². The van der Waals surface area contributed by atoms with Gasteiger partial charge in [0.25, 0.3) is 5.91 Å². The van der Waals surface area contributed by atoms with E-state index in [2.05, 4.69) is 5.32 Å². The zero-order valence-electron chi connectivity index (χ0n) is 17.7. The summed E-state index contributed by atoms with van der Waals surface area (Å²) in [5, 5.41) is 3.40. The molecule has 5 rings (SSSR count). The minimum absolute atomic E-state index is 0.158. The SMILES string of the molecule is Cc1cccc(NC(=O)CN2C(=O)[C@@]3(SCC(=O)N3c3ccc(Cl)cc3)c3ccccc32)c1. The average Bonchev–Trinajstić information content (AvgIpc) is 3.26. The highest BCUT2D eigenvalue weighted by atomic mass is 35.5. The lowest BCUT2D eigenvalue weighted by molar-refractivity contribution is -0.124. The summed E-state index contributed by atoms with van der Waals surface area (Å²) in [6.45, 7) is 1.79. The Morgan fingerprint density at radius 1 is 1.06 bits per heavy atom. The van der Waals surface area contributed by atoms with Crippen molar-refractivity contribution >= 4 is 58.1 Å². The van der Waals surface area contributed by atoms with Gasteiger partial charge in [0.05, 0.1) is 11.4 Å². The quantitative estimate of drug-likeness (QED) is 0.597. The summed E-state index contributed by atoms with van der Waals surface area (Å²) in [5.41, 5.74) is 3.60. The van der Waals surface area contributed by atoms with Crippen LogP contribution in [0.2, 0.25) is 5.02 Å². The summed E-state index contributed by atoms with van der Waals surface area (Å²) >= 11 is 7.32. The van der Waals surface area contributed by atoms with Gasteiger partial charge in [-0.2, -0.15) is 0 Å². The molecule has 3 aromatic carbocycles. The molecule has 1 N–H and O–H groups in total. The highest BCUT2D eigenvalue weighted by Crippen LogP contribution is 2.55. The third-order valence-electron chi connectivity index (χ3n) is 5.75. The second kappa shape index (κ2) is 8.24. The van der Waals surface area contributed by atoms with Crippen molar-refractivity contribution in [3.05, 3.63) is 88.9 Å². The summed E-state index contributed by atoms with van der Waals surface area (Å²) < 4.78 is 0. The van der Waals surface area contributed by atoms with E-state index in [0.29, 0.717) is 27.6 Å². The maximum absolute atomic E-state index is 13.9. The monoisotopic (exact) mass is 477 g/mol. The second-order valence-electron chi connectivity index (χ2n) is 7.96. The van der Waals surface area contributed by atoms with Gasteiger partial charge in [-0.1, -0.05) is 41.9 Å². The number of carbonyl (C=O) groups excluding carboxylic acids is 3. The molecule has 1 atom stereocenters. The fraction of sp³-hybridized carbons (Fsp3) is 0.160. The first-order valence-corrected chi connectivity index (χ1v) is 11.8. The van der Waals surface area contributed by atoms with Crippen molar-refractivity contribution in [2.24, 2.45) is 0 Å². The van der Waals surface area contributed by atoms with Crippen molar-refractivity contribution in [3.8, 4) is 0 Å². The number of aryl methyl sites for hydroxylation is 1. The topological polar surface area (TPSA) is 69.7 Å². The van der Waals surface area contributed by atoms with Crippen LogP contribution in [0.3, 0.4) is 0 Å². The zero-order chi connectivity index (χ0) is 23.2. The predicted molar refractivity (Wildman–Crippen MR) is 132 cm³/mol. The van der Waals surface area contributed by atoms with Crippen LogP contribution in [-0.4, -0.2) is 30.0 Å². The molecule has 3 aromatic rings. The van der Waals surface area contributed by atoms with Gasteiger partial charge >= 0.3 is 0 Å². The first kappa shape index (κ1) is 21.6. The molecule has 166 valence electrons. The van der Waals surface area contributed by atoms with E-state index in [1.807, 2.05) is 49.4 Å². The number of halogens is 1. The van der Waals surface area contributed by atoms with Gasteiger partial charge in [-0.05, 0) is 55.0 Å². The van der Waals surface area contributed by atoms with E-state index in [1.165, 1.54) is 21.6 Å². The molecular weight excluding hydrogens is 458 g/mol. The van der Waals surface area contributed by atoms with Crippen molar-refractivity contribution < 1.29 is 14.4 Å². The van der Waals surface area contributed by atoms with Crippen LogP contribution < -0.4 is 15.1 Å². The number of benzene rings is 3. The molecule has 0 bridgehead atoms. The lowest BCUT2D eigenvalue weighted by atomic mass is 10.0. The summed E-state index contributed by atoms with van der Waals surface area (Å²) in [5.74, 6) is -0.634. The maximum atomic E-state index is 13.9. The Hall–Kier alpha value is -3.29. The van der Waals surface area contributed by atoms with Crippen LogP contribution >= 0.6 is 23.4 Å². The molecule has 1 saturated heterocycles. The molecule has 2 aliphatic heterocycles. The zero-order valence-corrected chi connectivity index (χ0v) is 19.3. The Kier molecular flexibility index (Phi) is 5.38. The number of amides is 3. The molecule has 1 fully saturated rings. The Labute approximate surface area is 200 Å². The van der Waals surface area contributed by atoms with Crippen LogP contribution in [0.4, 0.5) is 17.1 Å². The minimum atomic E-state index is -1.26. The molecular formula is C25H20ClN3O3S. The molecule has 6 nitrogen and oxygen atoms in total. The van der Waals surface area contributed by atoms with E-state index in [9.17, 15) is 14.4 Å². The van der Waals surface area contributed by atoms with E-state index in [0.717, 1.165) is 5.56 Å². The van der Waals surface area contributed by atoms with Gasteiger partial charge in [-0.3, -0.25) is 24.2 Å². The number of nitrogens with one attached hydrogen (secondary N) is 1. The summed E-state index contributed by atoms with van der Waals surface area (Å²) in [4.78, 5) is 41.6. The van der Waals surface area contributed by atoms with Crippen molar-refractivity contribution in [3.63, 3.8) is 0 Å². The van der Waals surface area contributed by atoms with Crippen molar-refractivity contribution in [2.75, 3.05) is 27.4 Å². The van der Waals surface area contributed by atoms with E-state index in [-0.39, 0.29) is 30.0 Å². The lowest BCUT2D eigenvalue weighted by Gasteiger charge is -2.33. The van der Waals surface area contributed by atoms with E-state index >= 15 is 0 Å². The molecule has 0 aliphatic carbocycles. The molecule has 0 unspecified atom stereocenters. The predicted octanol–water partition coefficient (Wildman–Crippen LogP) is 4.57. The van der Waals surface area contributed by atoms with Crippen molar-refractivity contribution in [1.29, 1.82) is 0 Å². The molecule has 2 aliphatic rings. The van der Waals surface area contributed by atoms with E-state index in [1.54, 1.807) is 30.3 Å². The number of anilines is 3. The standard InChI is InChI=1S/C25H20ClN3O3S/c1-16-5-4-6-18(13-16)27-22(30)14-28-21-8-3-2-7-20(21)25(24(28)32)29(23(31)15-33-25)19-11-9-17(26)10-12-19/h2-13H,14-15H2,1H3,(H,27,30)/t25-/m0/s1. The first-order valence-electron chi connectivity index (χ1n) is 10.4. The van der Waals surface area contributed by atoms with Gasteiger partial charge < -0.3 is 5.32 Å². The largest absolute Gasteiger partial charge is 0.325 e. The van der Waals surface area contributed by atoms with E-state index in [4.69, 9.17) is 11.6 Å².